The topological polar surface area (TPSA) is 61.4 Å². The quantitative estimate of drug-likeness (QED) is 0.463. The molecule has 0 spiro atoms. The highest BCUT2D eigenvalue weighted by Crippen LogP contribution is 2.24. The third kappa shape index (κ3) is 6.61. The van der Waals surface area contributed by atoms with Gasteiger partial charge in [-0.3, -0.25) is 9.89 Å². The molecule has 1 fully saturated rings. The zero-order valence-corrected chi connectivity index (χ0v) is 19.9. The fourth-order valence-electron chi connectivity index (χ4n) is 3.97. The van der Waals surface area contributed by atoms with Gasteiger partial charge in [-0.15, -0.1) is 0 Å². The Bertz CT molecular complexity index is 878. The third-order valence-corrected chi connectivity index (χ3v) is 6.03. The van der Waals surface area contributed by atoms with Crippen molar-refractivity contribution in [1.29, 1.82) is 0 Å². The molecule has 7 nitrogen and oxygen atoms in total. The second-order valence-corrected chi connectivity index (χ2v) is 7.94. The third-order valence-electron chi connectivity index (χ3n) is 6.03. The van der Waals surface area contributed by atoms with Crippen molar-refractivity contribution >= 4 is 5.96 Å². The van der Waals surface area contributed by atoms with Gasteiger partial charge in [0.2, 0.25) is 0 Å². The van der Waals surface area contributed by atoms with Crippen LogP contribution in [-0.2, 0) is 19.6 Å². The van der Waals surface area contributed by atoms with E-state index in [1.54, 1.807) is 21.3 Å². The summed E-state index contributed by atoms with van der Waals surface area (Å²) < 4.78 is 10.8. The van der Waals surface area contributed by atoms with E-state index in [1.165, 1.54) is 11.1 Å². The lowest BCUT2D eigenvalue weighted by Gasteiger charge is -2.34. The molecular formula is C25H37N5O2. The molecule has 2 aromatic rings. The Hall–Kier alpha value is -2.77. The largest absolute Gasteiger partial charge is 0.497 e. The van der Waals surface area contributed by atoms with Crippen molar-refractivity contribution in [1.82, 2.24) is 20.4 Å². The van der Waals surface area contributed by atoms with E-state index in [1.807, 2.05) is 18.2 Å². The van der Waals surface area contributed by atoms with Gasteiger partial charge in [-0.2, -0.15) is 0 Å². The molecule has 7 heteroatoms. The highest BCUT2D eigenvalue weighted by molar-refractivity contribution is 5.79. The van der Waals surface area contributed by atoms with Gasteiger partial charge in [0.15, 0.2) is 5.96 Å². The van der Waals surface area contributed by atoms with Crippen molar-refractivity contribution in [2.75, 3.05) is 54.0 Å². The molecule has 0 saturated carbocycles. The molecule has 1 saturated heterocycles. The summed E-state index contributed by atoms with van der Waals surface area (Å²) in [5.41, 5.74) is 3.72. The molecule has 174 valence electrons. The van der Waals surface area contributed by atoms with Gasteiger partial charge in [0.05, 0.1) is 14.2 Å². The van der Waals surface area contributed by atoms with Crippen molar-refractivity contribution in [3.05, 3.63) is 59.2 Å². The number of ether oxygens (including phenoxy) is 2. The molecule has 0 unspecified atom stereocenters. The predicted molar refractivity (Wildman–Crippen MR) is 130 cm³/mol. The Morgan fingerprint density at radius 1 is 0.875 bits per heavy atom. The molecule has 0 radical (unpaired) electrons. The number of guanidine groups is 1. The number of piperazine rings is 1. The molecule has 0 amide bonds. The van der Waals surface area contributed by atoms with Gasteiger partial charge >= 0.3 is 0 Å². The summed E-state index contributed by atoms with van der Waals surface area (Å²) in [6.45, 7) is 10.3. The second-order valence-electron chi connectivity index (χ2n) is 7.94. The Morgan fingerprint density at radius 3 is 2.16 bits per heavy atom. The van der Waals surface area contributed by atoms with Gasteiger partial charge in [0.1, 0.15) is 11.5 Å². The van der Waals surface area contributed by atoms with Gasteiger partial charge in [0.25, 0.3) is 0 Å². The number of likely N-dealkylation sites (N-methyl/N-ethyl adjacent to an activating group) is 1. The first kappa shape index (κ1) is 23.9. The summed E-state index contributed by atoms with van der Waals surface area (Å²) >= 11 is 0. The molecule has 0 bridgehead atoms. The molecule has 32 heavy (non-hydrogen) atoms. The van der Waals surface area contributed by atoms with Crippen LogP contribution < -0.4 is 20.1 Å². The number of methoxy groups -OCH3 is 2. The minimum absolute atomic E-state index is 0.607. The van der Waals surface area contributed by atoms with Gasteiger partial charge in [-0.1, -0.05) is 31.2 Å². The van der Waals surface area contributed by atoms with E-state index >= 15 is 0 Å². The highest BCUT2D eigenvalue weighted by atomic mass is 16.5. The summed E-state index contributed by atoms with van der Waals surface area (Å²) in [6, 6.07) is 14.5. The van der Waals surface area contributed by atoms with E-state index in [9.17, 15) is 0 Å². The van der Waals surface area contributed by atoms with Gasteiger partial charge < -0.3 is 25.0 Å². The Labute approximate surface area is 192 Å². The molecule has 1 aliphatic heterocycles. The van der Waals surface area contributed by atoms with Crippen LogP contribution in [0.3, 0.4) is 0 Å². The van der Waals surface area contributed by atoms with E-state index in [0.717, 1.165) is 68.8 Å². The smallest absolute Gasteiger partial charge is 0.191 e. The maximum Gasteiger partial charge on any atom is 0.191 e. The molecule has 0 atom stereocenters. The lowest BCUT2D eigenvalue weighted by Crippen LogP contribution is -2.45. The van der Waals surface area contributed by atoms with Gasteiger partial charge in [0, 0.05) is 64.5 Å². The van der Waals surface area contributed by atoms with Crippen LogP contribution in [-0.4, -0.2) is 69.8 Å². The number of nitrogens with one attached hydrogen (secondary N) is 2. The monoisotopic (exact) mass is 439 g/mol. The first-order valence-electron chi connectivity index (χ1n) is 11.3. The number of aliphatic imine (C=N–C) groups is 1. The Balaban J connectivity index is 1.55. The fraction of sp³-hybridized carbons (Fsp3) is 0.480. The number of rotatable bonds is 9. The first-order valence-corrected chi connectivity index (χ1v) is 11.3. The van der Waals surface area contributed by atoms with Crippen molar-refractivity contribution in [2.24, 2.45) is 4.99 Å². The van der Waals surface area contributed by atoms with E-state index < -0.39 is 0 Å². The summed E-state index contributed by atoms with van der Waals surface area (Å²) in [5.74, 6) is 2.33. The number of hydrogen-bond acceptors (Lipinski definition) is 5. The Morgan fingerprint density at radius 2 is 1.53 bits per heavy atom. The predicted octanol–water partition coefficient (Wildman–Crippen LogP) is 2.71. The second kappa shape index (κ2) is 12.3. The average molecular weight is 440 g/mol. The van der Waals surface area contributed by atoms with Crippen LogP contribution in [0.15, 0.2) is 47.5 Å². The summed E-state index contributed by atoms with van der Waals surface area (Å²) in [7, 11) is 5.12. The molecule has 1 heterocycles. The number of nitrogens with zero attached hydrogens (tertiary/aromatic N) is 3. The molecule has 0 aliphatic carbocycles. The van der Waals surface area contributed by atoms with E-state index in [0.29, 0.717) is 6.54 Å². The number of benzene rings is 2. The van der Waals surface area contributed by atoms with Crippen LogP contribution in [0.5, 0.6) is 11.5 Å². The van der Waals surface area contributed by atoms with Crippen LogP contribution in [0, 0.1) is 0 Å². The van der Waals surface area contributed by atoms with Crippen molar-refractivity contribution < 1.29 is 9.47 Å². The van der Waals surface area contributed by atoms with E-state index in [2.05, 4.69) is 56.6 Å². The summed E-state index contributed by atoms with van der Waals surface area (Å²) in [5, 5.41) is 6.84. The minimum atomic E-state index is 0.607. The van der Waals surface area contributed by atoms with E-state index in [-0.39, 0.29) is 0 Å². The van der Waals surface area contributed by atoms with Crippen LogP contribution in [0.4, 0.5) is 0 Å². The molecule has 2 N–H and O–H groups in total. The summed E-state index contributed by atoms with van der Waals surface area (Å²) in [6.07, 6.45) is 0. The van der Waals surface area contributed by atoms with Gasteiger partial charge in [-0.25, -0.2) is 0 Å². The molecule has 1 aliphatic rings. The maximum absolute atomic E-state index is 5.50. The van der Waals surface area contributed by atoms with Crippen molar-refractivity contribution in [3.63, 3.8) is 0 Å². The zero-order valence-electron chi connectivity index (χ0n) is 19.9. The van der Waals surface area contributed by atoms with Crippen LogP contribution >= 0.6 is 0 Å². The summed E-state index contributed by atoms with van der Waals surface area (Å²) in [4.78, 5) is 9.44. The van der Waals surface area contributed by atoms with Crippen LogP contribution in [0.1, 0.15) is 23.6 Å². The minimum Gasteiger partial charge on any atom is -0.497 e. The molecule has 3 rings (SSSR count). The average Bonchev–Trinajstić information content (AvgIpc) is 2.85. The SMILES string of the molecule is CCN1CCN(Cc2ccccc2CNC(=NC)NCc2ccc(OC)cc2OC)CC1. The van der Waals surface area contributed by atoms with Crippen molar-refractivity contribution in [3.8, 4) is 11.5 Å². The van der Waals surface area contributed by atoms with Crippen molar-refractivity contribution in [2.45, 2.75) is 26.6 Å². The molecule has 2 aromatic carbocycles. The first-order chi connectivity index (χ1) is 15.7. The lowest BCUT2D eigenvalue weighted by molar-refractivity contribution is 0.131. The number of hydrogen-bond donors (Lipinski definition) is 2. The van der Waals surface area contributed by atoms with Crippen LogP contribution in [0.2, 0.25) is 0 Å². The van der Waals surface area contributed by atoms with Gasteiger partial charge in [-0.05, 0) is 29.8 Å². The Kier molecular flexibility index (Phi) is 9.19. The van der Waals surface area contributed by atoms with Crippen LogP contribution in [0.25, 0.3) is 0 Å². The fourth-order valence-corrected chi connectivity index (χ4v) is 3.97. The maximum atomic E-state index is 5.50. The standard InChI is InChI=1S/C25H37N5O2/c1-5-29-12-14-30(15-13-29)19-22-9-7-6-8-20(22)17-27-25(26-2)28-18-21-10-11-23(31-3)16-24(21)32-4/h6-11,16H,5,12-15,17-19H2,1-4H3,(H2,26,27,28). The van der Waals surface area contributed by atoms with E-state index in [4.69, 9.17) is 9.47 Å². The molecular weight excluding hydrogens is 402 g/mol. The molecule has 0 aromatic heterocycles. The highest BCUT2D eigenvalue weighted by Gasteiger charge is 2.16. The lowest BCUT2D eigenvalue weighted by atomic mass is 10.1. The normalized spacial score (nSPS) is 15.4. The zero-order chi connectivity index (χ0) is 22.8.